The lowest BCUT2D eigenvalue weighted by Gasteiger charge is -2.15. The lowest BCUT2D eigenvalue weighted by atomic mass is 10.0. The summed E-state index contributed by atoms with van der Waals surface area (Å²) in [6.07, 6.45) is 0.920. The maximum Gasteiger partial charge on any atom is 0.417 e. The Balaban J connectivity index is 2.45. The Labute approximate surface area is 168 Å². The first kappa shape index (κ1) is 25.3. The van der Waals surface area contributed by atoms with Crippen molar-refractivity contribution in [2.45, 2.75) is 83.5 Å². The molecule has 0 spiro atoms. The van der Waals surface area contributed by atoms with E-state index < -0.39 is 35.0 Å². The zero-order valence-corrected chi connectivity index (χ0v) is 16.7. The zero-order chi connectivity index (χ0) is 21.9. The fourth-order valence-corrected chi connectivity index (χ4v) is 3.07. The van der Waals surface area contributed by atoms with E-state index in [1.807, 2.05) is 0 Å². The normalized spacial score (nSPS) is 12.2. The summed E-state index contributed by atoms with van der Waals surface area (Å²) in [5.74, 6) is -1.14. The first-order chi connectivity index (χ1) is 13.6. The van der Waals surface area contributed by atoms with Crippen molar-refractivity contribution in [3.05, 3.63) is 34.9 Å². The van der Waals surface area contributed by atoms with Crippen LogP contribution in [-0.4, -0.2) is 12.5 Å². The number of rotatable bonds is 12. The maximum absolute atomic E-state index is 13.0. The molecule has 1 aromatic rings. The molecule has 0 aromatic heterocycles. The van der Waals surface area contributed by atoms with Crippen LogP contribution in [0, 0.1) is 0 Å². The van der Waals surface area contributed by atoms with Gasteiger partial charge in [-0.15, -0.1) is 0 Å². The van der Waals surface area contributed by atoms with Crippen LogP contribution >= 0.6 is 0 Å². The minimum absolute atomic E-state index is 0.128. The third-order valence-corrected chi connectivity index (χ3v) is 4.71. The van der Waals surface area contributed by atoms with Gasteiger partial charge in [0.2, 0.25) is 0 Å². The lowest BCUT2D eigenvalue weighted by Crippen LogP contribution is -2.27. The number of carbonyl (C=O) groups excluding carboxylic acids is 1. The van der Waals surface area contributed by atoms with Gasteiger partial charge in [-0.3, -0.25) is 4.79 Å². The molecule has 0 aliphatic carbocycles. The van der Waals surface area contributed by atoms with Gasteiger partial charge in [-0.1, -0.05) is 64.7 Å². The van der Waals surface area contributed by atoms with E-state index in [0.29, 0.717) is 18.6 Å². The summed E-state index contributed by atoms with van der Waals surface area (Å²) < 4.78 is 77.5. The van der Waals surface area contributed by atoms with Gasteiger partial charge < -0.3 is 5.32 Å². The van der Waals surface area contributed by atoms with E-state index in [0.717, 1.165) is 25.7 Å². The topological polar surface area (TPSA) is 29.1 Å². The number of carbonyl (C=O) groups is 1. The van der Waals surface area contributed by atoms with E-state index in [2.05, 4.69) is 12.2 Å². The molecule has 0 atom stereocenters. The van der Waals surface area contributed by atoms with Crippen LogP contribution < -0.4 is 5.32 Å². The van der Waals surface area contributed by atoms with E-state index in [1.54, 1.807) is 0 Å². The van der Waals surface area contributed by atoms with E-state index >= 15 is 0 Å². The van der Waals surface area contributed by atoms with Gasteiger partial charge in [0.25, 0.3) is 5.91 Å². The number of hydrogen-bond donors (Lipinski definition) is 1. The van der Waals surface area contributed by atoms with E-state index in [-0.39, 0.29) is 12.6 Å². The lowest BCUT2D eigenvalue weighted by molar-refractivity contribution is -0.141. The average molecular weight is 425 g/mol. The minimum atomic E-state index is -4.91. The quantitative estimate of drug-likeness (QED) is 0.275. The predicted molar refractivity (Wildman–Crippen MR) is 101 cm³/mol. The van der Waals surface area contributed by atoms with Crippen LogP contribution in [0.4, 0.5) is 26.3 Å². The molecule has 1 N–H and O–H groups in total. The number of alkyl halides is 6. The molecule has 166 valence electrons. The third-order valence-electron chi connectivity index (χ3n) is 4.71. The van der Waals surface area contributed by atoms with Gasteiger partial charge in [0.1, 0.15) is 0 Å². The van der Waals surface area contributed by atoms with Crippen molar-refractivity contribution in [3.8, 4) is 0 Å². The molecule has 0 saturated heterocycles. The molecule has 1 amide bonds. The summed E-state index contributed by atoms with van der Waals surface area (Å²) in [6.45, 7) is 2.29. The fourth-order valence-electron chi connectivity index (χ4n) is 3.07. The Morgan fingerprint density at radius 3 is 1.79 bits per heavy atom. The highest BCUT2D eigenvalue weighted by atomic mass is 19.4. The number of unbranched alkanes of at least 4 members (excludes halogenated alkanes) is 9. The monoisotopic (exact) mass is 425 g/mol. The van der Waals surface area contributed by atoms with Crippen LogP contribution in [0.2, 0.25) is 0 Å². The number of benzene rings is 1. The van der Waals surface area contributed by atoms with Gasteiger partial charge in [-0.2, -0.15) is 26.3 Å². The van der Waals surface area contributed by atoms with Crippen molar-refractivity contribution in [2.75, 3.05) is 6.54 Å². The summed E-state index contributed by atoms with van der Waals surface area (Å²) in [4.78, 5) is 12.1. The zero-order valence-electron chi connectivity index (χ0n) is 16.7. The van der Waals surface area contributed by atoms with Crippen LogP contribution in [0.3, 0.4) is 0 Å². The first-order valence-electron chi connectivity index (χ1n) is 10.1. The summed E-state index contributed by atoms with van der Waals surface area (Å²) in [7, 11) is 0. The van der Waals surface area contributed by atoms with Crippen LogP contribution in [0.5, 0.6) is 0 Å². The minimum Gasteiger partial charge on any atom is -0.352 e. The van der Waals surface area contributed by atoms with E-state index in [1.165, 1.54) is 32.1 Å². The second kappa shape index (κ2) is 12.1. The van der Waals surface area contributed by atoms with Crippen molar-refractivity contribution >= 4 is 5.91 Å². The van der Waals surface area contributed by atoms with Gasteiger partial charge in [0, 0.05) is 6.54 Å². The molecule has 1 aromatic carbocycles. The third kappa shape index (κ3) is 9.54. The average Bonchev–Trinajstić information content (AvgIpc) is 2.64. The Bertz CT molecular complexity index is 625. The molecule has 0 unspecified atom stereocenters. The molecular weight excluding hydrogens is 396 g/mol. The standard InChI is InChI=1S/C21H29F6NO/c1-2-3-4-5-6-7-8-9-10-11-14-28-19(29)17-15-16(20(22,23)24)12-13-18(17)21(25,26)27/h12-13,15H,2-11,14H2,1H3,(H,28,29). The predicted octanol–water partition coefficient (Wildman–Crippen LogP) is 7.37. The van der Waals surface area contributed by atoms with Crippen LogP contribution in [0.15, 0.2) is 18.2 Å². The van der Waals surface area contributed by atoms with Crippen molar-refractivity contribution in [3.63, 3.8) is 0 Å². The molecule has 0 fully saturated rings. The van der Waals surface area contributed by atoms with Crippen LogP contribution in [-0.2, 0) is 12.4 Å². The highest BCUT2D eigenvalue weighted by Crippen LogP contribution is 2.36. The Hall–Kier alpha value is -1.73. The number of hydrogen-bond acceptors (Lipinski definition) is 1. The fraction of sp³-hybridized carbons (Fsp3) is 0.667. The first-order valence-corrected chi connectivity index (χ1v) is 10.1. The molecule has 0 radical (unpaired) electrons. The Kier molecular flexibility index (Phi) is 10.5. The summed E-state index contributed by atoms with van der Waals surface area (Å²) >= 11 is 0. The molecule has 0 aliphatic heterocycles. The highest BCUT2D eigenvalue weighted by molar-refractivity contribution is 5.96. The summed E-state index contributed by atoms with van der Waals surface area (Å²) in [6, 6.07) is 0.900. The number of nitrogens with one attached hydrogen (secondary N) is 1. The van der Waals surface area contributed by atoms with Gasteiger partial charge >= 0.3 is 12.4 Å². The van der Waals surface area contributed by atoms with Crippen LogP contribution in [0.25, 0.3) is 0 Å². The van der Waals surface area contributed by atoms with Crippen LogP contribution in [0.1, 0.15) is 92.6 Å². The van der Waals surface area contributed by atoms with Crippen molar-refractivity contribution < 1.29 is 31.1 Å². The molecular formula is C21H29F6NO. The van der Waals surface area contributed by atoms with Crippen molar-refractivity contribution in [2.24, 2.45) is 0 Å². The molecule has 2 nitrogen and oxygen atoms in total. The molecule has 29 heavy (non-hydrogen) atoms. The van der Waals surface area contributed by atoms with Gasteiger partial charge in [0.15, 0.2) is 0 Å². The van der Waals surface area contributed by atoms with Gasteiger partial charge in [-0.25, -0.2) is 0 Å². The number of amides is 1. The maximum atomic E-state index is 13.0. The van der Waals surface area contributed by atoms with E-state index in [4.69, 9.17) is 0 Å². The Morgan fingerprint density at radius 2 is 1.31 bits per heavy atom. The second-order valence-electron chi connectivity index (χ2n) is 7.19. The molecule has 8 heteroatoms. The SMILES string of the molecule is CCCCCCCCCCCCNC(=O)c1cc(C(F)(F)F)ccc1C(F)(F)F. The molecule has 0 heterocycles. The smallest absolute Gasteiger partial charge is 0.352 e. The largest absolute Gasteiger partial charge is 0.417 e. The molecule has 1 rings (SSSR count). The Morgan fingerprint density at radius 1 is 0.793 bits per heavy atom. The molecule has 0 bridgehead atoms. The number of halogens is 6. The van der Waals surface area contributed by atoms with Gasteiger partial charge in [0.05, 0.1) is 16.7 Å². The van der Waals surface area contributed by atoms with Gasteiger partial charge in [-0.05, 0) is 24.6 Å². The molecule has 0 aliphatic rings. The van der Waals surface area contributed by atoms with Crippen molar-refractivity contribution in [1.29, 1.82) is 0 Å². The highest BCUT2D eigenvalue weighted by Gasteiger charge is 2.38. The second-order valence-corrected chi connectivity index (χ2v) is 7.19. The summed E-state index contributed by atoms with van der Waals surface area (Å²) in [5.41, 5.74) is -3.65. The molecule has 0 saturated carbocycles. The summed E-state index contributed by atoms with van der Waals surface area (Å²) in [5, 5.41) is 2.31. The van der Waals surface area contributed by atoms with Crippen molar-refractivity contribution in [1.82, 2.24) is 5.32 Å². The van der Waals surface area contributed by atoms with E-state index in [9.17, 15) is 31.1 Å².